The normalized spacial score (nSPS) is 23.0. The molecule has 2 amide bonds. The third kappa shape index (κ3) is 4.30. The highest BCUT2D eigenvalue weighted by Gasteiger charge is 2.21. The van der Waals surface area contributed by atoms with Crippen LogP contribution < -0.4 is 15.4 Å². The van der Waals surface area contributed by atoms with Crippen molar-refractivity contribution >= 4 is 17.6 Å². The Morgan fingerprint density at radius 3 is 3.04 bits per heavy atom. The average molecular weight is 339 g/mol. The zero-order valence-electron chi connectivity index (χ0n) is 13.1. The first-order valence-electron chi connectivity index (χ1n) is 8.25. The monoisotopic (exact) mass is 338 g/mol. The van der Waals surface area contributed by atoms with Gasteiger partial charge in [-0.05, 0) is 42.9 Å². The summed E-state index contributed by atoms with van der Waals surface area (Å²) >= 11 is 6.11. The lowest BCUT2D eigenvalue weighted by Gasteiger charge is -2.25. The standard InChI is InChI=1S/C17H23ClN2O3/c18-14-7-12-4-5-23-16(12)13(8-14)10-20-17(22)19-9-11-2-1-3-15(21)6-11/h7-8,11,15,21H,1-6,9-10H2,(H2,19,20,22)/t11-,15+/m0/s1. The van der Waals surface area contributed by atoms with Gasteiger partial charge in [0.25, 0.3) is 0 Å². The lowest BCUT2D eigenvalue weighted by atomic mass is 9.87. The van der Waals surface area contributed by atoms with E-state index < -0.39 is 0 Å². The van der Waals surface area contributed by atoms with Gasteiger partial charge in [0, 0.05) is 30.1 Å². The van der Waals surface area contributed by atoms with Crippen LogP contribution in [0.25, 0.3) is 0 Å². The van der Waals surface area contributed by atoms with Gasteiger partial charge in [0.15, 0.2) is 0 Å². The minimum Gasteiger partial charge on any atom is -0.493 e. The van der Waals surface area contributed by atoms with Crippen LogP contribution in [0.2, 0.25) is 5.02 Å². The van der Waals surface area contributed by atoms with Crippen molar-refractivity contribution < 1.29 is 14.6 Å². The number of halogens is 1. The summed E-state index contributed by atoms with van der Waals surface area (Å²) in [5, 5.41) is 16.1. The number of aliphatic hydroxyl groups is 1. The minimum absolute atomic E-state index is 0.197. The van der Waals surface area contributed by atoms with Crippen LogP contribution in [0.15, 0.2) is 12.1 Å². The van der Waals surface area contributed by atoms with E-state index in [1.54, 1.807) is 0 Å². The van der Waals surface area contributed by atoms with Gasteiger partial charge >= 0.3 is 6.03 Å². The highest BCUT2D eigenvalue weighted by molar-refractivity contribution is 6.30. The number of rotatable bonds is 4. The second kappa shape index (κ2) is 7.41. The van der Waals surface area contributed by atoms with E-state index in [2.05, 4.69) is 10.6 Å². The third-order valence-corrected chi connectivity index (χ3v) is 4.79. The van der Waals surface area contributed by atoms with E-state index in [0.717, 1.165) is 49.0 Å². The molecule has 0 radical (unpaired) electrons. The van der Waals surface area contributed by atoms with Gasteiger partial charge in [-0.3, -0.25) is 0 Å². The van der Waals surface area contributed by atoms with Gasteiger partial charge in [0.2, 0.25) is 0 Å². The number of nitrogens with one attached hydrogen (secondary N) is 2. The molecule has 1 fully saturated rings. The summed E-state index contributed by atoms with van der Waals surface area (Å²) in [6, 6.07) is 3.56. The Morgan fingerprint density at radius 1 is 1.35 bits per heavy atom. The number of fused-ring (bicyclic) bond motifs is 1. The predicted octanol–water partition coefficient (Wildman–Crippen LogP) is 2.63. The molecular weight excluding hydrogens is 316 g/mol. The fraction of sp³-hybridized carbons (Fsp3) is 0.588. The highest BCUT2D eigenvalue weighted by Crippen LogP contribution is 2.32. The van der Waals surface area contributed by atoms with E-state index in [9.17, 15) is 9.90 Å². The van der Waals surface area contributed by atoms with E-state index in [4.69, 9.17) is 16.3 Å². The van der Waals surface area contributed by atoms with E-state index in [-0.39, 0.29) is 12.1 Å². The Kier molecular flexibility index (Phi) is 5.28. The Morgan fingerprint density at radius 2 is 2.22 bits per heavy atom. The molecule has 1 aliphatic heterocycles. The Hall–Kier alpha value is -1.46. The fourth-order valence-electron chi connectivity index (χ4n) is 3.40. The summed E-state index contributed by atoms with van der Waals surface area (Å²) in [5.41, 5.74) is 2.01. The SMILES string of the molecule is O=C(NCc1cc(Cl)cc2c1OCC2)NC[C@H]1CCC[C@@H](O)C1. The number of carbonyl (C=O) groups is 1. The van der Waals surface area contributed by atoms with E-state index in [0.29, 0.717) is 30.6 Å². The number of hydrogen-bond donors (Lipinski definition) is 3. The smallest absolute Gasteiger partial charge is 0.315 e. The second-order valence-corrected chi connectivity index (χ2v) is 6.84. The van der Waals surface area contributed by atoms with Crippen LogP contribution in [0.5, 0.6) is 5.75 Å². The molecule has 0 bridgehead atoms. The van der Waals surface area contributed by atoms with Crippen LogP contribution in [-0.4, -0.2) is 30.4 Å². The van der Waals surface area contributed by atoms with Crippen molar-refractivity contribution in [1.29, 1.82) is 0 Å². The maximum absolute atomic E-state index is 12.0. The van der Waals surface area contributed by atoms with Crippen molar-refractivity contribution in [2.24, 2.45) is 5.92 Å². The summed E-state index contributed by atoms with van der Waals surface area (Å²) < 4.78 is 5.63. The number of benzene rings is 1. The zero-order chi connectivity index (χ0) is 16.2. The first-order chi connectivity index (χ1) is 11.1. The lowest BCUT2D eigenvalue weighted by Crippen LogP contribution is -2.39. The lowest BCUT2D eigenvalue weighted by molar-refractivity contribution is 0.101. The van der Waals surface area contributed by atoms with Gasteiger partial charge in [-0.2, -0.15) is 0 Å². The van der Waals surface area contributed by atoms with Gasteiger partial charge < -0.3 is 20.5 Å². The molecule has 0 aromatic heterocycles. The molecule has 3 rings (SSSR count). The van der Waals surface area contributed by atoms with Crippen molar-refractivity contribution in [3.63, 3.8) is 0 Å². The third-order valence-electron chi connectivity index (χ3n) is 4.57. The molecule has 1 aliphatic carbocycles. The maximum atomic E-state index is 12.0. The molecule has 1 aromatic carbocycles. The zero-order valence-corrected chi connectivity index (χ0v) is 13.9. The van der Waals surface area contributed by atoms with Crippen molar-refractivity contribution in [3.05, 3.63) is 28.3 Å². The van der Waals surface area contributed by atoms with E-state index in [1.807, 2.05) is 12.1 Å². The van der Waals surface area contributed by atoms with Crippen LogP contribution in [0.1, 0.15) is 36.8 Å². The Balaban J connectivity index is 1.48. The maximum Gasteiger partial charge on any atom is 0.315 e. The quantitative estimate of drug-likeness (QED) is 0.790. The molecule has 126 valence electrons. The molecule has 0 unspecified atom stereocenters. The van der Waals surface area contributed by atoms with Gasteiger partial charge in [0.05, 0.1) is 12.7 Å². The Labute approximate surface area is 141 Å². The molecule has 6 heteroatoms. The van der Waals surface area contributed by atoms with Crippen LogP contribution in [0, 0.1) is 5.92 Å². The number of hydrogen-bond acceptors (Lipinski definition) is 3. The van der Waals surface area contributed by atoms with Gasteiger partial charge in [-0.25, -0.2) is 4.79 Å². The molecule has 2 aliphatic rings. The molecule has 0 spiro atoms. The molecule has 0 saturated heterocycles. The second-order valence-electron chi connectivity index (χ2n) is 6.40. The van der Waals surface area contributed by atoms with Crippen LogP contribution >= 0.6 is 11.6 Å². The number of ether oxygens (including phenoxy) is 1. The minimum atomic E-state index is -0.218. The number of amides is 2. The largest absolute Gasteiger partial charge is 0.493 e. The van der Waals surface area contributed by atoms with E-state index >= 15 is 0 Å². The van der Waals surface area contributed by atoms with Crippen LogP contribution in [-0.2, 0) is 13.0 Å². The molecule has 1 aromatic rings. The summed E-state index contributed by atoms with van der Waals surface area (Å²) in [6.07, 6.45) is 4.39. The number of aliphatic hydroxyl groups excluding tert-OH is 1. The first kappa shape index (κ1) is 16.4. The van der Waals surface area contributed by atoms with Crippen LogP contribution in [0.4, 0.5) is 4.79 Å². The van der Waals surface area contributed by atoms with Gasteiger partial charge in [-0.1, -0.05) is 18.0 Å². The molecular formula is C17H23ClN2O3. The summed E-state index contributed by atoms with van der Waals surface area (Å²) in [5.74, 6) is 1.22. The first-order valence-corrected chi connectivity index (χ1v) is 8.63. The topological polar surface area (TPSA) is 70.6 Å². The van der Waals surface area contributed by atoms with Gasteiger partial charge in [0.1, 0.15) is 5.75 Å². The molecule has 1 heterocycles. The summed E-state index contributed by atoms with van der Waals surface area (Å²) in [4.78, 5) is 12.0. The summed E-state index contributed by atoms with van der Waals surface area (Å²) in [6.45, 7) is 1.66. The molecule has 5 nitrogen and oxygen atoms in total. The number of carbonyl (C=O) groups excluding carboxylic acids is 1. The predicted molar refractivity (Wildman–Crippen MR) is 88.9 cm³/mol. The van der Waals surface area contributed by atoms with E-state index in [1.165, 1.54) is 0 Å². The highest BCUT2D eigenvalue weighted by atomic mass is 35.5. The van der Waals surface area contributed by atoms with Crippen LogP contribution in [0.3, 0.4) is 0 Å². The number of urea groups is 1. The van der Waals surface area contributed by atoms with Crippen molar-refractivity contribution in [1.82, 2.24) is 10.6 Å². The van der Waals surface area contributed by atoms with Crippen molar-refractivity contribution in [2.45, 2.75) is 44.8 Å². The molecule has 2 atom stereocenters. The van der Waals surface area contributed by atoms with Crippen molar-refractivity contribution in [3.8, 4) is 5.75 Å². The Bertz CT molecular complexity index is 579. The summed E-state index contributed by atoms with van der Waals surface area (Å²) in [7, 11) is 0. The van der Waals surface area contributed by atoms with Crippen molar-refractivity contribution in [2.75, 3.05) is 13.2 Å². The molecule has 23 heavy (non-hydrogen) atoms. The van der Waals surface area contributed by atoms with Gasteiger partial charge in [-0.15, -0.1) is 0 Å². The molecule has 1 saturated carbocycles. The fourth-order valence-corrected chi connectivity index (χ4v) is 3.66. The average Bonchev–Trinajstić information content (AvgIpc) is 2.99. The molecule has 3 N–H and O–H groups in total.